The summed E-state index contributed by atoms with van der Waals surface area (Å²) in [7, 11) is 0. The van der Waals surface area contributed by atoms with Crippen molar-refractivity contribution < 1.29 is 4.79 Å². The molecule has 0 bridgehead atoms. The zero-order chi connectivity index (χ0) is 14.3. The minimum Gasteiger partial charge on any atom is -0.345 e. The lowest BCUT2D eigenvalue weighted by molar-refractivity contribution is 0.104. The van der Waals surface area contributed by atoms with Gasteiger partial charge in [0, 0.05) is 28.4 Å². The summed E-state index contributed by atoms with van der Waals surface area (Å²) in [6.45, 7) is 1.89. The Morgan fingerprint density at radius 3 is 2.75 bits per heavy atom. The van der Waals surface area contributed by atoms with Crippen LogP contribution in [0.4, 0.5) is 0 Å². The lowest BCUT2D eigenvalue weighted by Crippen LogP contribution is -2.01. The van der Waals surface area contributed by atoms with E-state index in [1.54, 1.807) is 30.6 Å². The summed E-state index contributed by atoms with van der Waals surface area (Å²) in [5.74, 6) is -0.131. The van der Waals surface area contributed by atoms with E-state index >= 15 is 0 Å². The fourth-order valence-corrected chi connectivity index (χ4v) is 2.51. The lowest BCUT2D eigenvalue weighted by Gasteiger charge is -2.03. The number of hydrogen-bond donors (Lipinski definition) is 1. The predicted octanol–water partition coefficient (Wildman–Crippen LogP) is 4.41. The quantitative estimate of drug-likeness (QED) is 0.713. The maximum Gasteiger partial charge on any atom is 0.195 e. The van der Waals surface area contributed by atoms with E-state index in [-0.39, 0.29) is 5.78 Å². The van der Waals surface area contributed by atoms with Crippen LogP contribution >= 0.6 is 23.2 Å². The Labute approximate surface area is 125 Å². The van der Waals surface area contributed by atoms with Crippen LogP contribution in [0.5, 0.6) is 0 Å². The van der Waals surface area contributed by atoms with Gasteiger partial charge < -0.3 is 4.98 Å². The van der Waals surface area contributed by atoms with Crippen LogP contribution in [0.3, 0.4) is 0 Å². The minimum atomic E-state index is -0.131. The Balaban J connectivity index is 2.15. The number of aromatic nitrogens is 2. The number of rotatable bonds is 2. The molecular weight excluding hydrogens is 295 g/mol. The second-order valence-corrected chi connectivity index (χ2v) is 5.33. The predicted molar refractivity (Wildman–Crippen MR) is 80.7 cm³/mol. The largest absolute Gasteiger partial charge is 0.345 e. The van der Waals surface area contributed by atoms with Crippen molar-refractivity contribution in [1.29, 1.82) is 0 Å². The molecule has 100 valence electrons. The van der Waals surface area contributed by atoms with Crippen LogP contribution < -0.4 is 0 Å². The van der Waals surface area contributed by atoms with E-state index in [9.17, 15) is 4.79 Å². The number of H-pyrrole nitrogens is 1. The van der Waals surface area contributed by atoms with Crippen LogP contribution in [-0.2, 0) is 0 Å². The number of pyridine rings is 1. The van der Waals surface area contributed by atoms with Gasteiger partial charge in [0.05, 0.1) is 10.6 Å². The number of nitrogens with one attached hydrogen (secondary N) is 1. The van der Waals surface area contributed by atoms with Crippen molar-refractivity contribution in [2.75, 3.05) is 0 Å². The number of halogens is 2. The fraction of sp³-hybridized carbons (Fsp3) is 0.0667. The van der Waals surface area contributed by atoms with Gasteiger partial charge >= 0.3 is 0 Å². The van der Waals surface area contributed by atoms with Crippen molar-refractivity contribution >= 4 is 40.0 Å². The second kappa shape index (κ2) is 4.93. The number of fused-ring (bicyclic) bond motifs is 1. The Bertz CT molecular complexity index is 824. The van der Waals surface area contributed by atoms with Gasteiger partial charge in [-0.15, -0.1) is 0 Å². The first-order valence-corrected chi connectivity index (χ1v) is 6.76. The third kappa shape index (κ3) is 2.09. The van der Waals surface area contributed by atoms with Gasteiger partial charge in [0.2, 0.25) is 0 Å². The summed E-state index contributed by atoms with van der Waals surface area (Å²) in [5.41, 5.74) is 2.56. The van der Waals surface area contributed by atoms with Gasteiger partial charge in [-0.3, -0.25) is 4.79 Å². The van der Waals surface area contributed by atoms with Crippen molar-refractivity contribution in [1.82, 2.24) is 9.97 Å². The average Bonchev–Trinajstić information content (AvgIpc) is 2.86. The van der Waals surface area contributed by atoms with Gasteiger partial charge in [-0.2, -0.15) is 0 Å². The molecule has 0 amide bonds. The maximum absolute atomic E-state index is 12.6. The van der Waals surface area contributed by atoms with Gasteiger partial charge in [-0.1, -0.05) is 35.3 Å². The molecule has 3 nitrogen and oxygen atoms in total. The molecule has 20 heavy (non-hydrogen) atoms. The third-order valence-corrected chi connectivity index (χ3v) is 3.92. The van der Waals surface area contributed by atoms with E-state index < -0.39 is 0 Å². The summed E-state index contributed by atoms with van der Waals surface area (Å²) in [5, 5.41) is 1.70. The Hall–Kier alpha value is -1.84. The van der Waals surface area contributed by atoms with E-state index in [0.717, 1.165) is 5.56 Å². The Morgan fingerprint density at radius 2 is 2.00 bits per heavy atom. The molecular formula is C15H10Cl2N2O. The maximum atomic E-state index is 12.6. The minimum absolute atomic E-state index is 0.131. The monoisotopic (exact) mass is 304 g/mol. The van der Waals surface area contributed by atoms with Crippen molar-refractivity contribution in [3.05, 3.63) is 63.4 Å². The van der Waals surface area contributed by atoms with E-state index in [2.05, 4.69) is 9.97 Å². The highest BCUT2D eigenvalue weighted by Gasteiger charge is 2.17. The van der Waals surface area contributed by atoms with Gasteiger partial charge in [-0.05, 0) is 24.6 Å². The molecule has 0 aliphatic carbocycles. The third-order valence-electron chi connectivity index (χ3n) is 3.20. The molecule has 5 heteroatoms. The van der Waals surface area contributed by atoms with Crippen LogP contribution in [0, 0.1) is 6.92 Å². The number of aryl methyl sites for hydroxylation is 1. The zero-order valence-electron chi connectivity index (χ0n) is 10.6. The summed E-state index contributed by atoms with van der Waals surface area (Å²) in [6.07, 6.45) is 3.22. The van der Waals surface area contributed by atoms with Gasteiger partial charge in [0.1, 0.15) is 5.65 Å². The number of hydrogen-bond acceptors (Lipinski definition) is 2. The number of carbonyl (C=O) groups excluding carboxylic acids is 1. The molecule has 0 atom stereocenters. The zero-order valence-corrected chi connectivity index (χ0v) is 12.1. The van der Waals surface area contributed by atoms with Crippen molar-refractivity contribution in [2.24, 2.45) is 0 Å². The summed E-state index contributed by atoms with van der Waals surface area (Å²) >= 11 is 12.2. The standard InChI is InChI=1S/C15H10Cl2N2O/c1-8-2-3-9(6-12(8)17)14(20)10-7-19-15-13(10)11(16)4-5-18-15/h2-7H,1H3,(H,18,19). The second-order valence-electron chi connectivity index (χ2n) is 4.51. The van der Waals surface area contributed by atoms with E-state index in [1.165, 1.54) is 0 Å². The van der Waals surface area contributed by atoms with Crippen molar-refractivity contribution in [3.63, 3.8) is 0 Å². The van der Waals surface area contributed by atoms with E-state index in [0.29, 0.717) is 32.2 Å². The molecule has 0 radical (unpaired) electrons. The van der Waals surface area contributed by atoms with Crippen LogP contribution in [0.25, 0.3) is 11.0 Å². The van der Waals surface area contributed by atoms with Gasteiger partial charge in [0.25, 0.3) is 0 Å². The molecule has 0 saturated heterocycles. The molecule has 2 aromatic heterocycles. The highest BCUT2D eigenvalue weighted by molar-refractivity contribution is 6.37. The van der Waals surface area contributed by atoms with E-state index in [4.69, 9.17) is 23.2 Å². The van der Waals surface area contributed by atoms with Crippen LogP contribution in [-0.4, -0.2) is 15.8 Å². The molecule has 0 unspecified atom stereocenters. The summed E-state index contributed by atoms with van der Waals surface area (Å²) in [6, 6.07) is 6.91. The normalized spacial score (nSPS) is 10.9. The number of aromatic amines is 1. The first-order chi connectivity index (χ1) is 9.58. The smallest absolute Gasteiger partial charge is 0.195 e. The molecule has 0 aliphatic heterocycles. The summed E-state index contributed by atoms with van der Waals surface area (Å²) in [4.78, 5) is 19.7. The number of carbonyl (C=O) groups is 1. The Kier molecular flexibility index (Phi) is 3.24. The number of benzene rings is 1. The molecule has 3 rings (SSSR count). The molecule has 0 spiro atoms. The van der Waals surface area contributed by atoms with Crippen molar-refractivity contribution in [3.8, 4) is 0 Å². The van der Waals surface area contributed by atoms with Crippen LogP contribution in [0.1, 0.15) is 21.5 Å². The molecule has 0 fully saturated rings. The molecule has 2 heterocycles. The van der Waals surface area contributed by atoms with Crippen molar-refractivity contribution in [2.45, 2.75) is 6.92 Å². The van der Waals surface area contributed by atoms with Crippen LogP contribution in [0.2, 0.25) is 10.0 Å². The van der Waals surface area contributed by atoms with E-state index in [1.807, 2.05) is 13.0 Å². The molecule has 0 aliphatic rings. The first-order valence-electron chi connectivity index (χ1n) is 6.00. The fourth-order valence-electron chi connectivity index (χ4n) is 2.09. The number of nitrogens with zero attached hydrogens (tertiary/aromatic N) is 1. The van der Waals surface area contributed by atoms with Crippen LogP contribution in [0.15, 0.2) is 36.7 Å². The molecule has 3 aromatic rings. The summed E-state index contributed by atoms with van der Waals surface area (Å²) < 4.78 is 0. The van der Waals surface area contributed by atoms with Gasteiger partial charge in [0.15, 0.2) is 5.78 Å². The molecule has 1 N–H and O–H groups in total. The highest BCUT2D eigenvalue weighted by Crippen LogP contribution is 2.27. The average molecular weight is 305 g/mol. The highest BCUT2D eigenvalue weighted by atomic mass is 35.5. The van der Waals surface area contributed by atoms with Gasteiger partial charge in [-0.25, -0.2) is 4.98 Å². The first kappa shape index (κ1) is 13.2. The number of ketones is 1. The lowest BCUT2D eigenvalue weighted by atomic mass is 10.0. The Morgan fingerprint density at radius 1 is 1.20 bits per heavy atom. The topological polar surface area (TPSA) is 45.8 Å². The SMILES string of the molecule is Cc1ccc(C(=O)c2c[nH]c3nccc(Cl)c23)cc1Cl. The molecule has 1 aromatic carbocycles. The molecule has 0 saturated carbocycles.